The number of nitrogens with one attached hydrogen (secondary N) is 1. The summed E-state index contributed by atoms with van der Waals surface area (Å²) in [6.07, 6.45) is -2.52. The maximum atomic E-state index is 12.6. The highest BCUT2D eigenvalue weighted by atomic mass is 79.9. The van der Waals surface area contributed by atoms with Crippen molar-refractivity contribution in [3.63, 3.8) is 0 Å². The van der Waals surface area contributed by atoms with Crippen molar-refractivity contribution in [2.45, 2.75) is 44.8 Å². The number of hydrogen-bond acceptors (Lipinski definition) is 1. The first-order chi connectivity index (χ1) is 9.27. The molecule has 0 spiro atoms. The summed E-state index contributed by atoms with van der Waals surface area (Å²) in [6.45, 7) is 1.99. The normalized spacial score (nSPS) is 23.7. The number of halogens is 5. The Morgan fingerprint density at radius 3 is 2.00 bits per heavy atom. The van der Waals surface area contributed by atoms with Gasteiger partial charge in [0.05, 0.1) is 11.6 Å². The fourth-order valence-corrected chi connectivity index (χ4v) is 4.25. The van der Waals surface area contributed by atoms with Crippen LogP contribution in [0.5, 0.6) is 0 Å². The van der Waals surface area contributed by atoms with Gasteiger partial charge in [0, 0.05) is 15.0 Å². The van der Waals surface area contributed by atoms with E-state index < -0.39 is 12.1 Å². The molecule has 0 heterocycles. The zero-order valence-corrected chi connectivity index (χ0v) is 14.2. The van der Waals surface area contributed by atoms with Crippen LogP contribution in [0.3, 0.4) is 0 Å². The topological polar surface area (TPSA) is 12.0 Å². The molecule has 1 aliphatic carbocycles. The smallest absolute Gasteiger partial charge is 0.380 e. The monoisotopic (exact) mass is 413 g/mol. The van der Waals surface area contributed by atoms with Gasteiger partial charge in [-0.25, -0.2) is 0 Å². The summed E-state index contributed by atoms with van der Waals surface area (Å²) in [6, 6.07) is 4.09. The summed E-state index contributed by atoms with van der Waals surface area (Å²) < 4.78 is 39.8. The fourth-order valence-electron chi connectivity index (χ4n) is 2.61. The third-order valence-corrected chi connectivity index (χ3v) is 4.98. The van der Waals surface area contributed by atoms with E-state index in [0.717, 1.165) is 20.2 Å². The molecule has 1 aromatic carbocycles. The van der Waals surface area contributed by atoms with Crippen molar-refractivity contribution in [2.75, 3.05) is 5.32 Å². The Bertz CT molecular complexity index is 457. The first-order valence-corrected chi connectivity index (χ1v) is 8.15. The van der Waals surface area contributed by atoms with Crippen LogP contribution in [0.25, 0.3) is 0 Å². The summed E-state index contributed by atoms with van der Waals surface area (Å²) >= 11 is 6.99. The van der Waals surface area contributed by atoms with E-state index in [1.54, 1.807) is 0 Å². The van der Waals surface area contributed by atoms with Crippen LogP contribution < -0.4 is 5.32 Å². The van der Waals surface area contributed by atoms with Crippen LogP contribution in [0.2, 0.25) is 0 Å². The molecule has 112 valence electrons. The van der Waals surface area contributed by atoms with Gasteiger partial charge in [-0.3, -0.25) is 0 Å². The first kappa shape index (κ1) is 16.1. The minimum Gasteiger partial charge on any atom is -0.380 e. The van der Waals surface area contributed by atoms with Crippen LogP contribution in [0, 0.1) is 12.8 Å². The van der Waals surface area contributed by atoms with Crippen molar-refractivity contribution in [1.82, 2.24) is 0 Å². The predicted octanol–water partition coefficient (Wildman–Crippen LogP) is 6.05. The van der Waals surface area contributed by atoms with Crippen molar-refractivity contribution < 1.29 is 13.2 Å². The number of alkyl halides is 3. The molecule has 1 nitrogen and oxygen atoms in total. The van der Waals surface area contributed by atoms with Crippen LogP contribution in [0.4, 0.5) is 18.9 Å². The summed E-state index contributed by atoms with van der Waals surface area (Å²) in [4.78, 5) is 0. The third kappa shape index (κ3) is 3.91. The van der Waals surface area contributed by atoms with Crippen LogP contribution >= 0.6 is 31.9 Å². The maximum absolute atomic E-state index is 12.6. The van der Waals surface area contributed by atoms with Gasteiger partial charge in [-0.2, -0.15) is 13.2 Å². The molecule has 1 aromatic rings. The van der Waals surface area contributed by atoms with Gasteiger partial charge in [0.2, 0.25) is 0 Å². The average Bonchev–Trinajstić information content (AvgIpc) is 2.33. The van der Waals surface area contributed by atoms with Crippen molar-refractivity contribution >= 4 is 37.5 Å². The summed E-state index contributed by atoms with van der Waals surface area (Å²) in [5.74, 6) is -1.13. The van der Waals surface area contributed by atoms with Crippen molar-refractivity contribution in [3.05, 3.63) is 26.6 Å². The molecule has 1 saturated carbocycles. The molecule has 0 saturated heterocycles. The molecule has 0 aromatic heterocycles. The highest BCUT2D eigenvalue weighted by Gasteiger charge is 2.41. The largest absolute Gasteiger partial charge is 0.391 e. The molecular formula is C14H16Br2F3N. The summed E-state index contributed by atoms with van der Waals surface area (Å²) in [7, 11) is 0. The lowest BCUT2D eigenvalue weighted by Gasteiger charge is -2.31. The van der Waals surface area contributed by atoms with Crippen molar-refractivity contribution in [3.8, 4) is 0 Å². The maximum Gasteiger partial charge on any atom is 0.391 e. The van der Waals surface area contributed by atoms with Crippen molar-refractivity contribution in [2.24, 2.45) is 5.92 Å². The van der Waals surface area contributed by atoms with Gasteiger partial charge in [0.15, 0.2) is 0 Å². The van der Waals surface area contributed by atoms with E-state index in [1.165, 1.54) is 0 Å². The molecule has 0 unspecified atom stereocenters. The SMILES string of the molecule is Cc1cc(Br)c(NC2CCC(C(F)(F)F)CC2)c(Br)c1. The quantitative estimate of drug-likeness (QED) is 0.620. The Morgan fingerprint density at radius 2 is 1.55 bits per heavy atom. The number of anilines is 1. The van der Waals surface area contributed by atoms with Crippen LogP contribution in [0.1, 0.15) is 31.2 Å². The molecule has 0 amide bonds. The Kier molecular flexibility index (Phi) is 5.05. The van der Waals surface area contributed by atoms with Crippen LogP contribution in [-0.2, 0) is 0 Å². The highest BCUT2D eigenvalue weighted by molar-refractivity contribution is 9.11. The van der Waals surface area contributed by atoms with E-state index in [0.29, 0.717) is 12.8 Å². The molecule has 1 fully saturated rings. The molecular weight excluding hydrogens is 399 g/mol. The summed E-state index contributed by atoms with van der Waals surface area (Å²) in [5.41, 5.74) is 2.04. The molecule has 6 heteroatoms. The minimum absolute atomic E-state index is 0.101. The van der Waals surface area contributed by atoms with Gasteiger partial charge in [-0.1, -0.05) is 0 Å². The number of rotatable bonds is 2. The molecule has 0 aliphatic heterocycles. The number of benzene rings is 1. The Hall–Kier alpha value is -0.230. The summed E-state index contributed by atoms with van der Waals surface area (Å²) in [5, 5.41) is 3.36. The minimum atomic E-state index is -4.05. The average molecular weight is 415 g/mol. The van der Waals surface area contributed by atoms with Gasteiger partial charge < -0.3 is 5.32 Å². The van der Waals surface area contributed by atoms with Crippen molar-refractivity contribution in [1.29, 1.82) is 0 Å². The molecule has 0 radical (unpaired) electrons. The van der Waals surface area contributed by atoms with Crippen LogP contribution in [0.15, 0.2) is 21.1 Å². The number of aryl methyl sites for hydroxylation is 1. The lowest BCUT2D eigenvalue weighted by molar-refractivity contribution is -0.182. The highest BCUT2D eigenvalue weighted by Crippen LogP contribution is 2.40. The van der Waals surface area contributed by atoms with E-state index in [9.17, 15) is 13.2 Å². The van der Waals surface area contributed by atoms with E-state index in [2.05, 4.69) is 37.2 Å². The van der Waals surface area contributed by atoms with Gasteiger partial charge in [0.25, 0.3) is 0 Å². The van der Waals surface area contributed by atoms with E-state index in [1.807, 2.05) is 19.1 Å². The molecule has 1 N–H and O–H groups in total. The van der Waals surface area contributed by atoms with E-state index >= 15 is 0 Å². The predicted molar refractivity (Wildman–Crippen MR) is 82.0 cm³/mol. The third-order valence-electron chi connectivity index (χ3n) is 3.72. The molecule has 2 rings (SSSR count). The lowest BCUT2D eigenvalue weighted by atomic mass is 9.85. The first-order valence-electron chi connectivity index (χ1n) is 6.56. The Balaban J connectivity index is 2.00. The van der Waals surface area contributed by atoms with E-state index in [4.69, 9.17) is 0 Å². The number of hydrogen-bond donors (Lipinski definition) is 1. The zero-order chi connectivity index (χ0) is 14.9. The second kappa shape index (κ2) is 6.26. The van der Waals surface area contributed by atoms with Gasteiger partial charge in [-0.15, -0.1) is 0 Å². The van der Waals surface area contributed by atoms with Gasteiger partial charge in [0.1, 0.15) is 0 Å². The fraction of sp³-hybridized carbons (Fsp3) is 0.571. The zero-order valence-electron chi connectivity index (χ0n) is 11.0. The van der Waals surface area contributed by atoms with E-state index in [-0.39, 0.29) is 18.9 Å². The molecule has 20 heavy (non-hydrogen) atoms. The lowest BCUT2D eigenvalue weighted by Crippen LogP contribution is -2.33. The second-order valence-corrected chi connectivity index (χ2v) is 7.05. The van der Waals surface area contributed by atoms with Gasteiger partial charge >= 0.3 is 6.18 Å². The Morgan fingerprint density at radius 1 is 1.05 bits per heavy atom. The standard InChI is InChI=1S/C14H16Br2F3N/c1-8-6-11(15)13(12(16)7-8)20-10-4-2-9(3-5-10)14(17,18)19/h6-7,9-10,20H,2-5H2,1H3. The molecule has 1 aliphatic rings. The van der Waals surface area contributed by atoms with Crippen LogP contribution in [-0.4, -0.2) is 12.2 Å². The van der Waals surface area contributed by atoms with Gasteiger partial charge in [-0.05, 0) is 82.2 Å². The Labute approximate surface area is 133 Å². The molecule has 0 bridgehead atoms. The molecule has 0 atom stereocenters. The second-order valence-electron chi connectivity index (χ2n) is 5.34.